The Balaban J connectivity index is 1.58. The van der Waals surface area contributed by atoms with E-state index in [2.05, 4.69) is 56.3 Å². The zero-order valence-electron chi connectivity index (χ0n) is 14.5. The van der Waals surface area contributed by atoms with Crippen LogP contribution in [0.1, 0.15) is 17.0 Å². The van der Waals surface area contributed by atoms with Crippen molar-refractivity contribution in [2.24, 2.45) is 0 Å². The average molecular weight is 340 g/mol. The first-order valence-electron chi connectivity index (χ1n) is 8.73. The molecule has 0 atom stereocenters. The summed E-state index contributed by atoms with van der Waals surface area (Å²) >= 11 is 0. The van der Waals surface area contributed by atoms with Gasteiger partial charge in [-0.15, -0.1) is 0 Å². The summed E-state index contributed by atoms with van der Waals surface area (Å²) in [6, 6.07) is 22.6. The van der Waals surface area contributed by atoms with Gasteiger partial charge in [0.05, 0.1) is 16.9 Å². The Hall–Kier alpha value is -3.11. The number of hydrogen-bond donors (Lipinski definition) is 0. The zero-order valence-corrected chi connectivity index (χ0v) is 14.5. The molecule has 0 aliphatic rings. The van der Waals surface area contributed by atoms with E-state index in [4.69, 9.17) is 0 Å². The molecule has 128 valence electrons. The fourth-order valence-electron chi connectivity index (χ4n) is 3.08. The minimum atomic E-state index is 0.775. The van der Waals surface area contributed by atoms with E-state index >= 15 is 0 Å². The largest absolute Gasteiger partial charge is 0.287 e. The third-order valence-electron chi connectivity index (χ3n) is 4.30. The van der Waals surface area contributed by atoms with Gasteiger partial charge in [0, 0.05) is 43.6 Å². The number of aromatic nitrogens is 3. The number of fused-ring (bicyclic) bond motifs is 1. The lowest BCUT2D eigenvalue weighted by atomic mass is 10.1. The highest BCUT2D eigenvalue weighted by molar-refractivity contribution is 5.78. The Bertz CT molecular complexity index is 929. The van der Waals surface area contributed by atoms with Gasteiger partial charge >= 0.3 is 0 Å². The molecule has 0 fully saturated rings. The predicted molar refractivity (Wildman–Crippen MR) is 103 cm³/mol. The molecular formula is C22H20N4. The summed E-state index contributed by atoms with van der Waals surface area (Å²) in [5.74, 6) is 0. The fourth-order valence-corrected chi connectivity index (χ4v) is 3.08. The second-order valence-electron chi connectivity index (χ2n) is 6.32. The first-order valence-corrected chi connectivity index (χ1v) is 8.73. The normalized spacial score (nSPS) is 11.1. The molecule has 1 aromatic carbocycles. The van der Waals surface area contributed by atoms with Crippen LogP contribution in [0.15, 0.2) is 85.3 Å². The lowest BCUT2D eigenvalue weighted by Crippen LogP contribution is -2.23. The molecule has 0 aliphatic heterocycles. The second kappa shape index (κ2) is 7.85. The highest BCUT2D eigenvalue weighted by Crippen LogP contribution is 2.17. The smallest absolute Gasteiger partial charge is 0.0705 e. The molecule has 4 aromatic rings. The Kier molecular flexibility index (Phi) is 4.94. The van der Waals surface area contributed by atoms with Crippen molar-refractivity contribution in [2.75, 3.05) is 0 Å². The first-order chi connectivity index (χ1) is 12.9. The second-order valence-corrected chi connectivity index (χ2v) is 6.32. The van der Waals surface area contributed by atoms with Crippen LogP contribution in [0.4, 0.5) is 0 Å². The maximum Gasteiger partial charge on any atom is 0.0705 e. The number of hydrogen-bond acceptors (Lipinski definition) is 4. The van der Waals surface area contributed by atoms with Gasteiger partial charge in [0.2, 0.25) is 0 Å². The summed E-state index contributed by atoms with van der Waals surface area (Å²) in [6.45, 7) is 2.37. The molecule has 4 nitrogen and oxygen atoms in total. The highest BCUT2D eigenvalue weighted by atomic mass is 15.1. The van der Waals surface area contributed by atoms with Crippen LogP contribution in [0.5, 0.6) is 0 Å². The third kappa shape index (κ3) is 4.10. The monoisotopic (exact) mass is 340 g/mol. The molecular weight excluding hydrogens is 320 g/mol. The molecule has 0 amide bonds. The van der Waals surface area contributed by atoms with Gasteiger partial charge in [-0.05, 0) is 42.0 Å². The van der Waals surface area contributed by atoms with Crippen LogP contribution in [0.25, 0.3) is 10.9 Å². The van der Waals surface area contributed by atoms with Crippen molar-refractivity contribution in [2.45, 2.75) is 19.6 Å². The van der Waals surface area contributed by atoms with Gasteiger partial charge < -0.3 is 0 Å². The molecule has 4 rings (SSSR count). The van der Waals surface area contributed by atoms with Crippen molar-refractivity contribution < 1.29 is 0 Å². The van der Waals surface area contributed by atoms with Crippen molar-refractivity contribution >= 4 is 10.9 Å². The van der Waals surface area contributed by atoms with Gasteiger partial charge in [0.15, 0.2) is 0 Å². The molecule has 0 unspecified atom stereocenters. The molecule has 3 aromatic heterocycles. The van der Waals surface area contributed by atoms with Gasteiger partial charge in [-0.3, -0.25) is 19.9 Å². The SMILES string of the molecule is c1ccc(CN(Cc2ccc3cccnc3c2)Cc2ccccn2)nc1. The molecule has 26 heavy (non-hydrogen) atoms. The van der Waals surface area contributed by atoms with Crippen molar-refractivity contribution in [1.29, 1.82) is 0 Å². The molecule has 0 bridgehead atoms. The number of rotatable bonds is 6. The maximum absolute atomic E-state index is 4.48. The molecule has 0 spiro atoms. The molecule has 3 heterocycles. The number of pyridine rings is 3. The predicted octanol–water partition coefficient (Wildman–Crippen LogP) is 4.23. The Morgan fingerprint density at radius 2 is 1.31 bits per heavy atom. The molecule has 4 heteroatoms. The van der Waals surface area contributed by atoms with E-state index in [9.17, 15) is 0 Å². The first kappa shape index (κ1) is 16.4. The molecule has 0 aliphatic carbocycles. The van der Waals surface area contributed by atoms with E-state index < -0.39 is 0 Å². The van der Waals surface area contributed by atoms with Crippen molar-refractivity contribution in [1.82, 2.24) is 19.9 Å². The quantitative estimate of drug-likeness (QED) is 0.527. The summed E-state index contributed by atoms with van der Waals surface area (Å²) < 4.78 is 0. The maximum atomic E-state index is 4.48. The molecule has 0 radical (unpaired) electrons. The van der Waals surface area contributed by atoms with E-state index in [-0.39, 0.29) is 0 Å². The van der Waals surface area contributed by atoms with Crippen LogP contribution in [0.2, 0.25) is 0 Å². The van der Waals surface area contributed by atoms with Crippen molar-refractivity contribution in [3.05, 3.63) is 102 Å². The Labute approximate surface area is 153 Å². The minimum absolute atomic E-state index is 0.775. The van der Waals surface area contributed by atoms with Crippen LogP contribution in [0.3, 0.4) is 0 Å². The molecule has 0 N–H and O–H groups in total. The van der Waals surface area contributed by atoms with E-state index in [1.165, 1.54) is 5.56 Å². The summed E-state index contributed by atoms with van der Waals surface area (Å²) in [6.07, 6.45) is 5.52. The van der Waals surface area contributed by atoms with Crippen LogP contribution in [-0.4, -0.2) is 19.9 Å². The van der Waals surface area contributed by atoms with Crippen molar-refractivity contribution in [3.8, 4) is 0 Å². The Morgan fingerprint density at radius 1 is 0.615 bits per heavy atom. The van der Waals surface area contributed by atoms with Crippen LogP contribution < -0.4 is 0 Å². The van der Waals surface area contributed by atoms with E-state index in [0.717, 1.165) is 41.9 Å². The number of benzene rings is 1. The van der Waals surface area contributed by atoms with Gasteiger partial charge in [-0.25, -0.2) is 0 Å². The fraction of sp³-hybridized carbons (Fsp3) is 0.136. The van der Waals surface area contributed by atoms with Crippen molar-refractivity contribution in [3.63, 3.8) is 0 Å². The highest BCUT2D eigenvalue weighted by Gasteiger charge is 2.10. The lowest BCUT2D eigenvalue weighted by molar-refractivity contribution is 0.242. The minimum Gasteiger partial charge on any atom is -0.287 e. The van der Waals surface area contributed by atoms with Gasteiger partial charge in [-0.1, -0.05) is 30.3 Å². The Morgan fingerprint density at radius 3 is 1.96 bits per heavy atom. The molecule has 0 saturated carbocycles. The van der Waals surface area contributed by atoms with Gasteiger partial charge in [-0.2, -0.15) is 0 Å². The number of nitrogens with zero attached hydrogens (tertiary/aromatic N) is 4. The van der Waals surface area contributed by atoms with Crippen LogP contribution in [0, 0.1) is 0 Å². The van der Waals surface area contributed by atoms with E-state index in [0.29, 0.717) is 0 Å². The van der Waals surface area contributed by atoms with E-state index in [1.807, 2.05) is 48.9 Å². The topological polar surface area (TPSA) is 41.9 Å². The summed E-state index contributed by atoms with van der Waals surface area (Å²) in [4.78, 5) is 15.8. The summed E-state index contributed by atoms with van der Waals surface area (Å²) in [5, 5.41) is 1.16. The average Bonchev–Trinajstić information content (AvgIpc) is 2.69. The van der Waals surface area contributed by atoms with Gasteiger partial charge in [0.25, 0.3) is 0 Å². The summed E-state index contributed by atoms with van der Waals surface area (Å²) in [5.41, 5.74) is 4.38. The summed E-state index contributed by atoms with van der Waals surface area (Å²) in [7, 11) is 0. The van der Waals surface area contributed by atoms with Crippen LogP contribution in [-0.2, 0) is 19.6 Å². The molecule has 0 saturated heterocycles. The van der Waals surface area contributed by atoms with Crippen LogP contribution >= 0.6 is 0 Å². The van der Waals surface area contributed by atoms with Gasteiger partial charge in [0.1, 0.15) is 0 Å². The third-order valence-corrected chi connectivity index (χ3v) is 4.30. The lowest BCUT2D eigenvalue weighted by Gasteiger charge is -2.22. The standard InChI is InChI=1S/C22H20N4/c1-3-11-23-20(7-1)16-26(17-21-8-2-4-12-24-21)15-18-9-10-19-6-5-13-25-22(19)14-18/h1-14H,15-17H2. The van der Waals surface area contributed by atoms with E-state index in [1.54, 1.807) is 0 Å². The zero-order chi connectivity index (χ0) is 17.6.